The van der Waals surface area contributed by atoms with Crippen LogP contribution in [0.4, 0.5) is 0 Å². The maximum atomic E-state index is 12.1. The molecule has 37 heavy (non-hydrogen) atoms. The van der Waals surface area contributed by atoms with Crippen LogP contribution in [0.3, 0.4) is 0 Å². The van der Waals surface area contributed by atoms with Gasteiger partial charge in [0.05, 0.1) is 30.6 Å². The highest BCUT2D eigenvalue weighted by Gasteiger charge is 2.18. The van der Waals surface area contributed by atoms with Crippen LogP contribution in [-0.4, -0.2) is 38.8 Å². The Kier molecular flexibility index (Phi) is 6.98. The number of carboxylic acid groups (broad SMARTS) is 1. The number of carboxylic acids is 1. The Morgan fingerprint density at radius 3 is 2.46 bits per heavy atom. The lowest BCUT2D eigenvalue weighted by Crippen LogP contribution is -2.13. The highest BCUT2D eigenvalue weighted by molar-refractivity contribution is 6.00. The Bertz CT molecular complexity index is 1510. The molecule has 2 aromatic carbocycles. The molecule has 0 saturated carbocycles. The molecule has 0 aliphatic heterocycles. The van der Waals surface area contributed by atoms with Crippen molar-refractivity contribution in [1.82, 2.24) is 14.5 Å². The maximum absolute atomic E-state index is 12.1. The normalized spacial score (nSPS) is 10.8. The molecule has 0 radical (unpaired) electrons. The first-order chi connectivity index (χ1) is 18.1. The van der Waals surface area contributed by atoms with Gasteiger partial charge in [0.25, 0.3) is 0 Å². The van der Waals surface area contributed by atoms with Crippen LogP contribution in [0.2, 0.25) is 0 Å². The van der Waals surface area contributed by atoms with Crippen LogP contribution in [0, 0.1) is 0 Å². The molecule has 0 atom stereocenters. The van der Waals surface area contributed by atoms with Crippen molar-refractivity contribution in [3.05, 3.63) is 97.1 Å². The third kappa shape index (κ3) is 5.38. The van der Waals surface area contributed by atoms with Crippen molar-refractivity contribution in [3.8, 4) is 34.3 Å². The van der Waals surface area contributed by atoms with E-state index in [1.807, 2.05) is 67.6 Å². The van der Waals surface area contributed by atoms with Crippen LogP contribution in [0.1, 0.15) is 17.4 Å². The molecule has 3 heterocycles. The second-order valence-electron chi connectivity index (χ2n) is 8.15. The predicted molar refractivity (Wildman–Crippen MR) is 140 cm³/mol. The van der Waals surface area contributed by atoms with Gasteiger partial charge in [-0.15, -0.1) is 0 Å². The number of pyridine rings is 2. The average Bonchev–Trinajstić information content (AvgIpc) is 3.30. The van der Waals surface area contributed by atoms with E-state index >= 15 is 0 Å². The fourth-order valence-corrected chi connectivity index (χ4v) is 4.14. The first kappa shape index (κ1) is 23.9. The maximum Gasteiger partial charge on any atom is 0.352 e. The number of hydrogen-bond acceptors (Lipinski definition) is 6. The number of hydrogen-bond donors (Lipinski definition) is 1. The highest BCUT2D eigenvalue weighted by Crippen LogP contribution is 2.31. The minimum absolute atomic E-state index is 0.175. The Hall–Kier alpha value is -4.85. The summed E-state index contributed by atoms with van der Waals surface area (Å²) in [6, 6.07) is 22.0. The number of aromatic nitrogens is 3. The second-order valence-corrected chi connectivity index (χ2v) is 8.15. The summed E-state index contributed by atoms with van der Waals surface area (Å²) in [5.74, 6) is 1.69. The smallest absolute Gasteiger partial charge is 0.352 e. The zero-order chi connectivity index (χ0) is 25.6. The molecule has 1 N–H and O–H groups in total. The summed E-state index contributed by atoms with van der Waals surface area (Å²) in [4.78, 5) is 20.7. The van der Waals surface area contributed by atoms with E-state index < -0.39 is 5.97 Å². The van der Waals surface area contributed by atoms with E-state index in [1.165, 1.54) is 0 Å². The van der Waals surface area contributed by atoms with Gasteiger partial charge in [0.15, 0.2) is 0 Å². The number of ether oxygens (including phenoxy) is 3. The Labute approximate surface area is 213 Å². The SMILES string of the molecule is CCOc1cccc(-c2nccc3c2cc(C(=O)O)n3CCOc2ccc(Oc3cccnc3)cc2)c1. The van der Waals surface area contributed by atoms with E-state index in [-0.39, 0.29) is 12.3 Å². The number of fused-ring (bicyclic) bond motifs is 1. The zero-order valence-electron chi connectivity index (χ0n) is 20.2. The van der Waals surface area contributed by atoms with Gasteiger partial charge < -0.3 is 23.9 Å². The lowest BCUT2D eigenvalue weighted by molar-refractivity contribution is 0.0684. The van der Waals surface area contributed by atoms with Crippen LogP contribution < -0.4 is 14.2 Å². The molecule has 3 aromatic heterocycles. The number of benzene rings is 2. The van der Waals surface area contributed by atoms with Crippen molar-refractivity contribution in [2.45, 2.75) is 13.5 Å². The fourth-order valence-electron chi connectivity index (χ4n) is 4.14. The van der Waals surface area contributed by atoms with Gasteiger partial charge in [-0.25, -0.2) is 4.79 Å². The third-order valence-corrected chi connectivity index (χ3v) is 5.74. The molecule has 8 nitrogen and oxygen atoms in total. The quantitative estimate of drug-likeness (QED) is 0.251. The molecule has 5 rings (SSSR count). The topological polar surface area (TPSA) is 95.7 Å². The lowest BCUT2D eigenvalue weighted by atomic mass is 10.1. The van der Waals surface area contributed by atoms with E-state index in [4.69, 9.17) is 14.2 Å². The molecule has 0 unspecified atom stereocenters. The summed E-state index contributed by atoms with van der Waals surface area (Å²) in [6.07, 6.45) is 5.02. The first-order valence-corrected chi connectivity index (χ1v) is 11.9. The van der Waals surface area contributed by atoms with Crippen molar-refractivity contribution >= 4 is 16.9 Å². The zero-order valence-corrected chi connectivity index (χ0v) is 20.2. The van der Waals surface area contributed by atoms with E-state index in [0.717, 1.165) is 22.2 Å². The summed E-state index contributed by atoms with van der Waals surface area (Å²) in [6.45, 7) is 3.12. The molecule has 0 aliphatic carbocycles. The van der Waals surface area contributed by atoms with Crippen molar-refractivity contribution < 1.29 is 24.1 Å². The fraction of sp³-hybridized carbons (Fsp3) is 0.138. The van der Waals surface area contributed by atoms with E-state index in [1.54, 1.807) is 35.3 Å². The van der Waals surface area contributed by atoms with Gasteiger partial charge in [0.2, 0.25) is 0 Å². The minimum atomic E-state index is -1.01. The number of carbonyl (C=O) groups is 1. The lowest BCUT2D eigenvalue weighted by Gasteiger charge is -2.11. The van der Waals surface area contributed by atoms with Gasteiger partial charge >= 0.3 is 5.97 Å². The number of rotatable bonds is 10. The summed E-state index contributed by atoms with van der Waals surface area (Å²) in [5, 5.41) is 10.6. The van der Waals surface area contributed by atoms with Crippen molar-refractivity contribution in [3.63, 3.8) is 0 Å². The van der Waals surface area contributed by atoms with Crippen LogP contribution in [-0.2, 0) is 6.54 Å². The van der Waals surface area contributed by atoms with Crippen molar-refractivity contribution in [2.75, 3.05) is 13.2 Å². The summed E-state index contributed by atoms with van der Waals surface area (Å²) < 4.78 is 19.0. The second kappa shape index (κ2) is 10.8. The van der Waals surface area contributed by atoms with Gasteiger partial charge in [0, 0.05) is 23.3 Å². The largest absolute Gasteiger partial charge is 0.494 e. The molecule has 0 fully saturated rings. The van der Waals surface area contributed by atoms with Crippen LogP contribution in [0.25, 0.3) is 22.2 Å². The Morgan fingerprint density at radius 2 is 1.70 bits per heavy atom. The van der Waals surface area contributed by atoms with Gasteiger partial charge in [0.1, 0.15) is 35.3 Å². The molecule has 0 spiro atoms. The molecule has 5 aromatic rings. The van der Waals surface area contributed by atoms with E-state index in [0.29, 0.717) is 36.1 Å². The molecular formula is C29H25N3O5. The predicted octanol–water partition coefficient (Wildman–Crippen LogP) is 6.07. The highest BCUT2D eigenvalue weighted by atomic mass is 16.5. The van der Waals surface area contributed by atoms with Gasteiger partial charge in [-0.3, -0.25) is 9.97 Å². The standard InChI is InChI=1S/C29H25N3O5/c1-2-35-23-6-3-5-20(17-23)28-25-18-27(29(33)34)32(26(25)12-14-31-28)15-16-36-21-8-10-22(11-9-21)37-24-7-4-13-30-19-24/h3-14,17-19H,2,15-16H2,1H3,(H,33,34). The molecule has 0 saturated heterocycles. The third-order valence-electron chi connectivity index (χ3n) is 5.74. The van der Waals surface area contributed by atoms with E-state index in [2.05, 4.69) is 9.97 Å². The van der Waals surface area contributed by atoms with Crippen LogP contribution >= 0.6 is 0 Å². The minimum Gasteiger partial charge on any atom is -0.494 e. The van der Waals surface area contributed by atoms with Crippen LogP contribution in [0.5, 0.6) is 23.0 Å². The Balaban J connectivity index is 1.34. The number of nitrogens with zero attached hydrogens (tertiary/aromatic N) is 3. The Morgan fingerprint density at radius 1 is 0.892 bits per heavy atom. The number of aromatic carboxylic acids is 1. The molecule has 186 valence electrons. The molecule has 0 amide bonds. The first-order valence-electron chi connectivity index (χ1n) is 11.9. The average molecular weight is 496 g/mol. The summed E-state index contributed by atoms with van der Waals surface area (Å²) in [7, 11) is 0. The van der Waals surface area contributed by atoms with Gasteiger partial charge in [-0.2, -0.15) is 0 Å². The molecular weight excluding hydrogens is 470 g/mol. The monoisotopic (exact) mass is 495 g/mol. The van der Waals surface area contributed by atoms with E-state index in [9.17, 15) is 9.90 Å². The van der Waals surface area contributed by atoms with Gasteiger partial charge in [-0.05, 0) is 67.6 Å². The molecule has 0 aliphatic rings. The summed E-state index contributed by atoms with van der Waals surface area (Å²) in [5.41, 5.74) is 2.50. The van der Waals surface area contributed by atoms with Crippen molar-refractivity contribution in [1.29, 1.82) is 0 Å². The van der Waals surface area contributed by atoms with Crippen molar-refractivity contribution in [2.24, 2.45) is 0 Å². The van der Waals surface area contributed by atoms with Gasteiger partial charge in [-0.1, -0.05) is 12.1 Å². The summed E-state index contributed by atoms with van der Waals surface area (Å²) >= 11 is 0. The molecule has 8 heteroatoms. The molecule has 0 bridgehead atoms. The van der Waals surface area contributed by atoms with Crippen LogP contribution in [0.15, 0.2) is 91.4 Å².